The van der Waals surface area contributed by atoms with E-state index < -0.39 is 11.4 Å². The first-order valence-corrected chi connectivity index (χ1v) is 4.96. The first-order chi connectivity index (χ1) is 7.77. The second-order valence-corrected chi connectivity index (χ2v) is 4.45. The van der Waals surface area contributed by atoms with Gasteiger partial charge in [-0.15, -0.1) is 0 Å². The molecule has 0 unspecified atom stereocenters. The van der Waals surface area contributed by atoms with Gasteiger partial charge in [-0.05, 0) is 6.07 Å². The fourth-order valence-corrected chi connectivity index (χ4v) is 1.68. The largest absolute Gasteiger partial charge is 0.508 e. The van der Waals surface area contributed by atoms with Crippen LogP contribution in [0.3, 0.4) is 0 Å². The molecule has 0 aliphatic heterocycles. The van der Waals surface area contributed by atoms with E-state index in [1.807, 2.05) is 0 Å². The molecule has 1 aromatic rings. The van der Waals surface area contributed by atoms with Gasteiger partial charge in [0, 0.05) is 17.0 Å². The van der Waals surface area contributed by atoms with E-state index in [9.17, 15) is 15.0 Å². The van der Waals surface area contributed by atoms with E-state index in [4.69, 9.17) is 10.4 Å². The van der Waals surface area contributed by atoms with Crippen LogP contribution in [0.5, 0.6) is 11.5 Å². The topological polar surface area (TPSA) is 102 Å². The molecule has 0 saturated heterocycles. The van der Waals surface area contributed by atoms with E-state index >= 15 is 0 Å². The number of hydrogen-bond acceptors (Lipinski definition) is 4. The van der Waals surface area contributed by atoms with Crippen molar-refractivity contribution in [3.8, 4) is 17.6 Å². The molecule has 0 saturated carbocycles. The highest BCUT2D eigenvalue weighted by molar-refractivity contribution is 5.69. The third-order valence-corrected chi connectivity index (χ3v) is 2.56. The minimum atomic E-state index is -0.999. The second-order valence-electron chi connectivity index (χ2n) is 4.45. The van der Waals surface area contributed by atoms with Crippen molar-refractivity contribution in [2.24, 2.45) is 0 Å². The molecule has 0 amide bonds. The van der Waals surface area contributed by atoms with Crippen LogP contribution in [0.15, 0.2) is 12.1 Å². The van der Waals surface area contributed by atoms with Crippen molar-refractivity contribution in [3.63, 3.8) is 0 Å². The van der Waals surface area contributed by atoms with E-state index in [1.54, 1.807) is 19.9 Å². The van der Waals surface area contributed by atoms with E-state index in [0.29, 0.717) is 5.56 Å². The van der Waals surface area contributed by atoms with Crippen molar-refractivity contribution in [2.45, 2.75) is 25.7 Å². The number of nitrogens with zero attached hydrogens (tertiary/aromatic N) is 1. The summed E-state index contributed by atoms with van der Waals surface area (Å²) < 4.78 is 0. The summed E-state index contributed by atoms with van der Waals surface area (Å²) in [6.45, 7) is 3.29. The highest BCUT2D eigenvalue weighted by Crippen LogP contribution is 2.37. The van der Waals surface area contributed by atoms with Crippen molar-refractivity contribution < 1.29 is 20.1 Å². The van der Waals surface area contributed by atoms with Crippen LogP contribution in [0.25, 0.3) is 0 Å². The number of nitriles is 1. The van der Waals surface area contributed by atoms with Crippen molar-refractivity contribution in [3.05, 3.63) is 23.3 Å². The van der Waals surface area contributed by atoms with Gasteiger partial charge in [0.15, 0.2) is 0 Å². The minimum absolute atomic E-state index is 0.0104. The van der Waals surface area contributed by atoms with Crippen LogP contribution in [0.4, 0.5) is 0 Å². The Morgan fingerprint density at radius 1 is 1.35 bits per heavy atom. The van der Waals surface area contributed by atoms with Gasteiger partial charge in [0.25, 0.3) is 0 Å². The lowest BCUT2D eigenvalue weighted by Crippen LogP contribution is -2.22. The fraction of sp³-hybridized carbons (Fsp3) is 0.333. The Balaban J connectivity index is 3.31. The monoisotopic (exact) mass is 235 g/mol. The van der Waals surface area contributed by atoms with Crippen LogP contribution in [0.2, 0.25) is 0 Å². The van der Waals surface area contributed by atoms with E-state index in [2.05, 4.69) is 0 Å². The van der Waals surface area contributed by atoms with Crippen LogP contribution in [0, 0.1) is 11.3 Å². The summed E-state index contributed by atoms with van der Waals surface area (Å²) in [6, 6.07) is 4.15. The van der Waals surface area contributed by atoms with Gasteiger partial charge in [0.05, 0.1) is 12.0 Å². The molecule has 0 fully saturated rings. The molecule has 17 heavy (non-hydrogen) atoms. The molecule has 3 N–H and O–H groups in total. The molecular formula is C12H13NO4. The van der Waals surface area contributed by atoms with Gasteiger partial charge < -0.3 is 15.3 Å². The van der Waals surface area contributed by atoms with Gasteiger partial charge in [-0.2, -0.15) is 5.26 Å². The molecule has 0 aliphatic carbocycles. The van der Waals surface area contributed by atoms with E-state index in [1.165, 1.54) is 6.07 Å². The SMILES string of the molecule is CC(C)(CC(=O)O)c1cc(C#N)c(O)cc1O. The highest BCUT2D eigenvalue weighted by atomic mass is 16.4. The number of aliphatic carboxylic acids is 1. The maximum absolute atomic E-state index is 10.7. The molecule has 0 aromatic heterocycles. The summed E-state index contributed by atoms with van der Waals surface area (Å²) in [4.78, 5) is 10.7. The number of phenols is 2. The number of aromatic hydroxyl groups is 2. The normalized spacial score (nSPS) is 10.9. The molecule has 0 bridgehead atoms. The number of carboxylic acid groups (broad SMARTS) is 1. The summed E-state index contributed by atoms with van der Waals surface area (Å²) in [5.74, 6) is -1.53. The molecule has 0 atom stereocenters. The Morgan fingerprint density at radius 2 is 1.94 bits per heavy atom. The quantitative estimate of drug-likeness (QED) is 0.740. The minimum Gasteiger partial charge on any atom is -0.508 e. The number of rotatable bonds is 3. The van der Waals surface area contributed by atoms with Gasteiger partial charge in [0.2, 0.25) is 0 Å². The Kier molecular flexibility index (Phi) is 3.28. The number of phenolic OH excluding ortho intramolecular Hbond substituents is 2. The van der Waals surface area contributed by atoms with Gasteiger partial charge in [-0.3, -0.25) is 4.79 Å². The Labute approximate surface area is 98.6 Å². The van der Waals surface area contributed by atoms with Crippen molar-refractivity contribution in [1.29, 1.82) is 5.26 Å². The van der Waals surface area contributed by atoms with Crippen LogP contribution in [-0.2, 0) is 10.2 Å². The summed E-state index contributed by atoms with van der Waals surface area (Å²) in [5.41, 5.74) is -0.486. The molecule has 0 spiro atoms. The second kappa shape index (κ2) is 4.34. The van der Waals surface area contributed by atoms with Crippen LogP contribution in [0.1, 0.15) is 31.4 Å². The lowest BCUT2D eigenvalue weighted by molar-refractivity contribution is -0.138. The predicted molar refractivity (Wildman–Crippen MR) is 59.8 cm³/mol. The van der Waals surface area contributed by atoms with Crippen molar-refractivity contribution in [2.75, 3.05) is 0 Å². The number of hydrogen-bond donors (Lipinski definition) is 3. The van der Waals surface area contributed by atoms with Crippen molar-refractivity contribution >= 4 is 5.97 Å². The maximum atomic E-state index is 10.7. The van der Waals surface area contributed by atoms with Crippen LogP contribution in [-0.4, -0.2) is 21.3 Å². The Hall–Kier alpha value is -2.22. The smallest absolute Gasteiger partial charge is 0.304 e. The summed E-state index contributed by atoms with van der Waals surface area (Å²) in [5, 5.41) is 36.6. The number of carboxylic acids is 1. The molecular weight excluding hydrogens is 222 g/mol. The van der Waals surface area contributed by atoms with Gasteiger partial charge in [-0.1, -0.05) is 13.8 Å². The maximum Gasteiger partial charge on any atom is 0.304 e. The first-order valence-electron chi connectivity index (χ1n) is 4.96. The Morgan fingerprint density at radius 3 is 2.41 bits per heavy atom. The Bertz CT molecular complexity index is 500. The highest BCUT2D eigenvalue weighted by Gasteiger charge is 2.28. The van der Waals surface area contributed by atoms with Gasteiger partial charge in [-0.25, -0.2) is 0 Å². The molecule has 0 aliphatic rings. The van der Waals surface area contributed by atoms with Crippen LogP contribution >= 0.6 is 0 Å². The zero-order chi connectivity index (χ0) is 13.2. The molecule has 1 aromatic carbocycles. The molecule has 0 heterocycles. The average Bonchev–Trinajstić information content (AvgIpc) is 2.15. The van der Waals surface area contributed by atoms with Crippen molar-refractivity contribution in [1.82, 2.24) is 0 Å². The number of carbonyl (C=O) groups is 1. The van der Waals surface area contributed by atoms with Gasteiger partial charge >= 0.3 is 5.97 Å². The van der Waals surface area contributed by atoms with Gasteiger partial charge in [0.1, 0.15) is 17.6 Å². The lowest BCUT2D eigenvalue weighted by Gasteiger charge is -2.24. The van der Waals surface area contributed by atoms with Crippen LogP contribution < -0.4 is 0 Å². The van der Waals surface area contributed by atoms with E-state index in [0.717, 1.165) is 6.07 Å². The molecule has 5 heteroatoms. The zero-order valence-corrected chi connectivity index (χ0v) is 9.56. The summed E-state index contributed by atoms with van der Waals surface area (Å²) >= 11 is 0. The standard InChI is InChI=1S/C12H13NO4/c1-12(2,5-11(16)17)8-3-7(6-13)9(14)4-10(8)15/h3-4,14-15H,5H2,1-2H3,(H,16,17). The fourth-order valence-electron chi connectivity index (χ4n) is 1.68. The summed E-state index contributed by atoms with van der Waals surface area (Å²) in [6.07, 6.45) is -0.184. The predicted octanol–water partition coefficient (Wildman–Crippen LogP) is 1.72. The molecule has 90 valence electrons. The third kappa shape index (κ3) is 2.67. The zero-order valence-electron chi connectivity index (χ0n) is 9.56. The summed E-state index contributed by atoms with van der Waals surface area (Å²) in [7, 11) is 0. The molecule has 1 rings (SSSR count). The lowest BCUT2D eigenvalue weighted by atomic mass is 9.80. The average molecular weight is 235 g/mol. The first kappa shape index (κ1) is 12.8. The third-order valence-electron chi connectivity index (χ3n) is 2.56. The number of benzene rings is 1. The molecule has 0 radical (unpaired) electrons. The van der Waals surface area contributed by atoms with E-state index in [-0.39, 0.29) is 23.5 Å². The molecule has 5 nitrogen and oxygen atoms in total.